The first-order valence-corrected chi connectivity index (χ1v) is 13.0. The van der Waals surface area contributed by atoms with E-state index in [2.05, 4.69) is 6.92 Å². The number of phosphoric acid groups is 1. The molecule has 182 valence electrons. The molecule has 0 atom stereocenters. The first kappa shape index (κ1) is 31.7. The zero-order chi connectivity index (χ0) is 23.1. The fourth-order valence-electron chi connectivity index (χ4n) is 3.02. The molecule has 0 heterocycles. The van der Waals surface area contributed by atoms with Crippen molar-refractivity contribution in [2.75, 3.05) is 13.2 Å². The predicted octanol–water partition coefficient (Wildman–Crippen LogP) is 4.22. The molecule has 0 aromatic carbocycles. The van der Waals surface area contributed by atoms with Gasteiger partial charge in [0.1, 0.15) is 6.10 Å². The summed E-state index contributed by atoms with van der Waals surface area (Å²) < 4.78 is 13.8. The molecule has 0 amide bonds. The molecule has 0 spiro atoms. The Labute approximate surface area is 182 Å². The van der Waals surface area contributed by atoms with Gasteiger partial charge in [0.05, 0.1) is 13.2 Å². The minimum Gasteiger partial charge on any atom is -0.457 e. The van der Waals surface area contributed by atoms with Crippen molar-refractivity contribution in [2.24, 2.45) is 0 Å². The lowest BCUT2D eigenvalue weighted by Gasteiger charge is -2.12. The molecule has 0 aliphatic carbocycles. The molecule has 0 aromatic rings. The Bertz CT molecular complexity index is 402. The zero-order valence-corrected chi connectivity index (χ0v) is 19.6. The minimum atomic E-state index is -4.64. The van der Waals surface area contributed by atoms with E-state index in [0.717, 1.165) is 12.8 Å². The molecule has 0 bridgehead atoms. The van der Waals surface area contributed by atoms with Crippen LogP contribution in [0.1, 0.15) is 110 Å². The van der Waals surface area contributed by atoms with Gasteiger partial charge in [-0.15, -0.1) is 0 Å². The third-order valence-electron chi connectivity index (χ3n) is 4.69. The van der Waals surface area contributed by atoms with Crippen molar-refractivity contribution in [1.82, 2.24) is 0 Å². The molecule has 8 nitrogen and oxygen atoms in total. The Morgan fingerprint density at radius 2 is 1.00 bits per heavy atom. The minimum absolute atomic E-state index is 0.317. The number of ether oxygens (including phenoxy) is 1. The maximum Gasteiger partial charge on any atom is 0.466 e. The lowest BCUT2D eigenvalue weighted by Crippen LogP contribution is -2.25. The monoisotopic (exact) mass is 456 g/mol. The van der Waals surface area contributed by atoms with E-state index >= 15 is 0 Å². The second kappa shape index (κ2) is 23.2. The smallest absolute Gasteiger partial charge is 0.457 e. The molecule has 0 rings (SSSR count). The molecule has 0 radical (unpaired) electrons. The third-order valence-corrected chi connectivity index (χ3v) is 4.69. The fourth-order valence-corrected chi connectivity index (χ4v) is 3.02. The van der Waals surface area contributed by atoms with Crippen LogP contribution in [0.3, 0.4) is 0 Å². The maximum atomic E-state index is 11.5. The summed E-state index contributed by atoms with van der Waals surface area (Å²) in [6, 6.07) is 0. The first-order chi connectivity index (χ1) is 14.2. The van der Waals surface area contributed by atoms with Crippen molar-refractivity contribution in [3.8, 4) is 0 Å². The zero-order valence-electron chi connectivity index (χ0n) is 18.7. The summed E-state index contributed by atoms with van der Waals surface area (Å²) in [5.41, 5.74) is 0. The molecule has 5 N–H and O–H groups in total. The highest BCUT2D eigenvalue weighted by Crippen LogP contribution is 2.25. The summed E-state index contributed by atoms with van der Waals surface area (Å²) in [7, 11) is -4.64. The van der Waals surface area contributed by atoms with Crippen molar-refractivity contribution >= 4 is 13.8 Å². The molecule has 0 aliphatic heterocycles. The summed E-state index contributed by atoms with van der Waals surface area (Å²) in [5, 5.41) is 17.7. The maximum absolute atomic E-state index is 11.5. The van der Waals surface area contributed by atoms with Crippen molar-refractivity contribution in [2.45, 2.75) is 116 Å². The second-order valence-corrected chi connectivity index (χ2v) is 8.72. The van der Waals surface area contributed by atoms with Crippen LogP contribution in [0.4, 0.5) is 0 Å². The van der Waals surface area contributed by atoms with Crippen LogP contribution in [0.15, 0.2) is 0 Å². The summed E-state index contributed by atoms with van der Waals surface area (Å²) in [6.07, 6.45) is 19.1. The summed E-state index contributed by atoms with van der Waals surface area (Å²) >= 11 is 0. The van der Waals surface area contributed by atoms with Crippen LogP contribution in [0.5, 0.6) is 0 Å². The lowest BCUT2D eigenvalue weighted by molar-refractivity contribution is -0.153. The van der Waals surface area contributed by atoms with E-state index < -0.39 is 13.9 Å². The van der Waals surface area contributed by atoms with Gasteiger partial charge in [-0.3, -0.25) is 4.79 Å². The number of aliphatic hydroxyl groups is 2. The van der Waals surface area contributed by atoms with Gasteiger partial charge >= 0.3 is 13.8 Å². The average molecular weight is 457 g/mol. The van der Waals surface area contributed by atoms with E-state index in [9.17, 15) is 4.79 Å². The number of esters is 1. The van der Waals surface area contributed by atoms with E-state index in [-0.39, 0.29) is 19.2 Å². The number of hydrogen-bond acceptors (Lipinski definition) is 5. The highest BCUT2D eigenvalue weighted by molar-refractivity contribution is 7.45. The Kier molecular flexibility index (Phi) is 24.5. The Morgan fingerprint density at radius 3 is 1.30 bits per heavy atom. The molecule has 0 unspecified atom stereocenters. The van der Waals surface area contributed by atoms with Gasteiger partial charge in [-0.1, -0.05) is 96.8 Å². The second-order valence-electron chi connectivity index (χ2n) is 7.69. The Balaban J connectivity index is 0. The lowest BCUT2D eigenvalue weighted by atomic mass is 10.0. The van der Waals surface area contributed by atoms with Gasteiger partial charge in [0.25, 0.3) is 0 Å². The van der Waals surface area contributed by atoms with E-state index in [0.29, 0.717) is 6.42 Å². The van der Waals surface area contributed by atoms with Gasteiger partial charge in [-0.2, -0.15) is 0 Å². The van der Waals surface area contributed by atoms with Crippen LogP contribution in [0.25, 0.3) is 0 Å². The van der Waals surface area contributed by atoms with Gasteiger partial charge < -0.3 is 29.6 Å². The third kappa shape index (κ3) is 32.2. The highest BCUT2D eigenvalue weighted by atomic mass is 31.2. The van der Waals surface area contributed by atoms with Crippen LogP contribution in [0, 0.1) is 0 Å². The number of hydrogen-bond donors (Lipinski definition) is 5. The van der Waals surface area contributed by atoms with Crippen LogP contribution in [-0.2, 0) is 14.1 Å². The fraction of sp³-hybridized carbons (Fsp3) is 0.952. The topological polar surface area (TPSA) is 145 Å². The standard InChI is InChI=1S/C21H42O4.H3O4P/c1-2-3-4-5-6-7-8-9-10-11-12-13-14-15-16-17-21(24)25-20(18-22)19-23;1-5(2,3)4/h20,22-23H,2-19H2,1H3;(H3,1,2,3,4). The van der Waals surface area contributed by atoms with E-state index in [1.807, 2.05) is 0 Å². The SMILES string of the molecule is CCCCCCCCCCCCCCCCCC(=O)OC(CO)CO.O=P(O)(O)O. The molecule has 30 heavy (non-hydrogen) atoms. The predicted molar refractivity (Wildman–Crippen MR) is 118 cm³/mol. The number of carbonyl (C=O) groups is 1. The van der Waals surface area contributed by atoms with E-state index in [4.69, 9.17) is 34.2 Å². The first-order valence-electron chi connectivity index (χ1n) is 11.4. The average Bonchev–Trinajstić information content (AvgIpc) is 2.67. The summed E-state index contributed by atoms with van der Waals surface area (Å²) in [4.78, 5) is 33.0. The summed E-state index contributed by atoms with van der Waals surface area (Å²) in [5.74, 6) is -0.317. The Morgan fingerprint density at radius 1 is 0.700 bits per heavy atom. The van der Waals surface area contributed by atoms with Gasteiger partial charge in [-0.05, 0) is 6.42 Å². The number of rotatable bonds is 19. The molecular formula is C21H45O8P. The normalized spacial score (nSPS) is 11.3. The van der Waals surface area contributed by atoms with Gasteiger partial charge in [0.2, 0.25) is 0 Å². The largest absolute Gasteiger partial charge is 0.466 e. The van der Waals surface area contributed by atoms with Crippen molar-refractivity contribution in [3.63, 3.8) is 0 Å². The van der Waals surface area contributed by atoms with Crippen molar-refractivity contribution in [1.29, 1.82) is 0 Å². The molecular weight excluding hydrogens is 411 g/mol. The number of aliphatic hydroxyl groups excluding tert-OH is 2. The molecule has 0 aromatic heterocycles. The van der Waals surface area contributed by atoms with Gasteiger partial charge in [0, 0.05) is 6.42 Å². The number of unbranched alkanes of at least 4 members (excludes halogenated alkanes) is 14. The van der Waals surface area contributed by atoms with Crippen molar-refractivity contribution in [3.05, 3.63) is 0 Å². The molecule has 0 saturated heterocycles. The molecule has 0 fully saturated rings. The van der Waals surface area contributed by atoms with E-state index in [1.54, 1.807) is 0 Å². The summed E-state index contributed by atoms with van der Waals surface area (Å²) in [6.45, 7) is 1.63. The van der Waals surface area contributed by atoms with Crippen LogP contribution in [-0.4, -0.2) is 50.2 Å². The number of carbonyl (C=O) groups excluding carboxylic acids is 1. The Hall–Kier alpha value is -0.500. The van der Waals surface area contributed by atoms with E-state index in [1.165, 1.54) is 83.5 Å². The molecule has 9 heteroatoms. The molecule has 0 saturated carbocycles. The van der Waals surface area contributed by atoms with Crippen LogP contribution >= 0.6 is 7.82 Å². The van der Waals surface area contributed by atoms with Crippen molar-refractivity contribution < 1.29 is 39.0 Å². The van der Waals surface area contributed by atoms with Crippen LogP contribution in [0.2, 0.25) is 0 Å². The van der Waals surface area contributed by atoms with Gasteiger partial charge in [0.15, 0.2) is 0 Å². The molecule has 0 aliphatic rings. The quantitative estimate of drug-likeness (QED) is 0.110. The van der Waals surface area contributed by atoms with Gasteiger partial charge in [-0.25, -0.2) is 4.57 Å². The van der Waals surface area contributed by atoms with Crippen LogP contribution < -0.4 is 0 Å². The highest BCUT2D eigenvalue weighted by Gasteiger charge is 2.11.